The van der Waals surface area contributed by atoms with Gasteiger partial charge in [-0.2, -0.15) is 0 Å². The largest absolute Gasteiger partial charge is 0.444 e. The average Bonchev–Trinajstić information content (AvgIpc) is 2.52. The summed E-state index contributed by atoms with van der Waals surface area (Å²) in [4.78, 5) is 13.9. The molecule has 2 rings (SSSR count). The molecule has 2 atom stereocenters. The van der Waals surface area contributed by atoms with Gasteiger partial charge in [0.25, 0.3) is 0 Å². The SMILES string of the molecule is CC(C)(C)OC(=O)N1CC(CO)CC(OCc2ccccc2)C1. The Morgan fingerprint density at radius 1 is 1.26 bits per heavy atom. The Hall–Kier alpha value is -1.59. The molecule has 5 heteroatoms. The first-order valence-electron chi connectivity index (χ1n) is 8.11. The molecular formula is C18H27NO4. The monoisotopic (exact) mass is 321 g/mol. The second-order valence-electron chi connectivity index (χ2n) is 7.09. The van der Waals surface area contributed by atoms with Crippen LogP contribution in [0, 0.1) is 5.92 Å². The molecule has 0 saturated carbocycles. The number of nitrogens with zero attached hydrogens (tertiary/aromatic N) is 1. The van der Waals surface area contributed by atoms with Crippen molar-refractivity contribution in [1.82, 2.24) is 4.90 Å². The number of ether oxygens (including phenoxy) is 2. The Balaban J connectivity index is 1.93. The van der Waals surface area contributed by atoms with Crippen LogP contribution in [0.3, 0.4) is 0 Å². The molecule has 1 N–H and O–H groups in total. The van der Waals surface area contributed by atoms with Crippen molar-refractivity contribution >= 4 is 6.09 Å². The molecular weight excluding hydrogens is 294 g/mol. The highest BCUT2D eigenvalue weighted by Gasteiger charge is 2.32. The van der Waals surface area contributed by atoms with Gasteiger partial charge in [0.2, 0.25) is 0 Å². The number of carbonyl (C=O) groups is 1. The van der Waals surface area contributed by atoms with E-state index < -0.39 is 5.60 Å². The third-order valence-electron chi connectivity index (χ3n) is 3.74. The Morgan fingerprint density at radius 3 is 2.57 bits per heavy atom. The van der Waals surface area contributed by atoms with Crippen molar-refractivity contribution in [3.8, 4) is 0 Å². The van der Waals surface area contributed by atoms with Gasteiger partial charge in [0, 0.05) is 19.1 Å². The van der Waals surface area contributed by atoms with Gasteiger partial charge in [0.05, 0.1) is 19.3 Å². The third-order valence-corrected chi connectivity index (χ3v) is 3.74. The van der Waals surface area contributed by atoms with Crippen LogP contribution in [-0.2, 0) is 16.1 Å². The Labute approximate surface area is 138 Å². The van der Waals surface area contributed by atoms with Crippen LogP contribution in [-0.4, -0.2) is 47.5 Å². The van der Waals surface area contributed by atoms with Crippen LogP contribution >= 0.6 is 0 Å². The molecule has 1 aromatic rings. The lowest BCUT2D eigenvalue weighted by Crippen LogP contribution is -2.49. The van der Waals surface area contributed by atoms with Crippen LogP contribution in [0.15, 0.2) is 30.3 Å². The van der Waals surface area contributed by atoms with E-state index in [0.717, 1.165) is 12.0 Å². The van der Waals surface area contributed by atoms with Crippen LogP contribution in [0.4, 0.5) is 4.79 Å². The van der Waals surface area contributed by atoms with Gasteiger partial charge in [-0.3, -0.25) is 0 Å². The molecule has 1 aliphatic rings. The summed E-state index contributed by atoms with van der Waals surface area (Å²) in [5.41, 5.74) is 0.575. The van der Waals surface area contributed by atoms with Crippen LogP contribution in [0.25, 0.3) is 0 Å². The van der Waals surface area contributed by atoms with Crippen molar-refractivity contribution in [1.29, 1.82) is 0 Å². The van der Waals surface area contributed by atoms with Crippen molar-refractivity contribution in [3.63, 3.8) is 0 Å². The maximum Gasteiger partial charge on any atom is 0.410 e. The first kappa shape index (κ1) is 17.8. The molecule has 0 aliphatic carbocycles. The van der Waals surface area contributed by atoms with Crippen LogP contribution in [0.1, 0.15) is 32.8 Å². The fourth-order valence-corrected chi connectivity index (χ4v) is 2.67. The summed E-state index contributed by atoms with van der Waals surface area (Å²) in [5, 5.41) is 9.49. The fourth-order valence-electron chi connectivity index (χ4n) is 2.67. The molecule has 0 aromatic heterocycles. The molecule has 1 amide bonds. The summed E-state index contributed by atoms with van der Waals surface area (Å²) in [6.07, 6.45) is 0.320. The number of benzene rings is 1. The van der Waals surface area contributed by atoms with Crippen LogP contribution < -0.4 is 0 Å². The summed E-state index contributed by atoms with van der Waals surface area (Å²) in [5.74, 6) is 0.0250. The van der Waals surface area contributed by atoms with E-state index in [1.165, 1.54) is 0 Å². The number of piperidine rings is 1. The quantitative estimate of drug-likeness (QED) is 0.926. The van der Waals surface area contributed by atoms with E-state index in [2.05, 4.69) is 0 Å². The van der Waals surface area contributed by atoms with Crippen molar-refractivity contribution in [2.45, 2.75) is 45.5 Å². The number of hydrogen-bond donors (Lipinski definition) is 1. The van der Waals surface area contributed by atoms with Gasteiger partial charge in [0.1, 0.15) is 5.60 Å². The summed E-state index contributed by atoms with van der Waals surface area (Å²) < 4.78 is 11.4. The molecule has 2 unspecified atom stereocenters. The first-order chi connectivity index (χ1) is 10.9. The molecule has 0 spiro atoms. The summed E-state index contributed by atoms with van der Waals surface area (Å²) in [6.45, 7) is 7.11. The lowest BCUT2D eigenvalue weighted by Gasteiger charge is -2.37. The van der Waals surface area contributed by atoms with E-state index >= 15 is 0 Å². The van der Waals surface area contributed by atoms with E-state index in [4.69, 9.17) is 9.47 Å². The molecule has 1 aromatic carbocycles. The zero-order valence-corrected chi connectivity index (χ0v) is 14.2. The molecule has 128 valence electrons. The van der Waals surface area contributed by atoms with E-state index in [0.29, 0.717) is 19.7 Å². The van der Waals surface area contributed by atoms with Gasteiger partial charge >= 0.3 is 6.09 Å². The zero-order chi connectivity index (χ0) is 16.9. The molecule has 0 bridgehead atoms. The number of likely N-dealkylation sites (tertiary alicyclic amines) is 1. The van der Waals surface area contributed by atoms with E-state index in [-0.39, 0.29) is 24.7 Å². The van der Waals surface area contributed by atoms with Gasteiger partial charge in [-0.25, -0.2) is 4.79 Å². The maximum absolute atomic E-state index is 12.3. The summed E-state index contributed by atoms with van der Waals surface area (Å²) in [7, 11) is 0. The molecule has 1 aliphatic heterocycles. The number of aliphatic hydroxyl groups excluding tert-OH is 1. The lowest BCUT2D eigenvalue weighted by atomic mass is 9.97. The minimum absolute atomic E-state index is 0.0250. The van der Waals surface area contributed by atoms with E-state index in [1.807, 2.05) is 51.1 Å². The number of rotatable bonds is 4. The number of hydrogen-bond acceptors (Lipinski definition) is 4. The van der Waals surface area contributed by atoms with Gasteiger partial charge < -0.3 is 19.5 Å². The van der Waals surface area contributed by atoms with Gasteiger partial charge in [-0.1, -0.05) is 30.3 Å². The Bertz CT molecular complexity index is 497. The Kier molecular flexibility index (Phi) is 6.02. The number of carbonyl (C=O) groups excluding carboxylic acids is 1. The molecule has 23 heavy (non-hydrogen) atoms. The topological polar surface area (TPSA) is 59.0 Å². The molecule has 0 radical (unpaired) electrons. The minimum Gasteiger partial charge on any atom is -0.444 e. The second kappa shape index (κ2) is 7.79. The van der Waals surface area contributed by atoms with Crippen molar-refractivity contribution in [3.05, 3.63) is 35.9 Å². The first-order valence-corrected chi connectivity index (χ1v) is 8.11. The van der Waals surface area contributed by atoms with Crippen LogP contribution in [0.2, 0.25) is 0 Å². The second-order valence-corrected chi connectivity index (χ2v) is 7.09. The predicted molar refractivity (Wildman–Crippen MR) is 88.0 cm³/mol. The van der Waals surface area contributed by atoms with E-state index in [9.17, 15) is 9.90 Å². The van der Waals surface area contributed by atoms with Crippen LogP contribution in [0.5, 0.6) is 0 Å². The standard InChI is InChI=1S/C18H27NO4/c1-18(2,3)23-17(21)19-10-15(12-20)9-16(11-19)22-13-14-7-5-4-6-8-14/h4-8,15-16,20H,9-13H2,1-3H3. The van der Waals surface area contributed by atoms with Gasteiger partial charge in [-0.15, -0.1) is 0 Å². The third kappa shape index (κ3) is 5.84. The highest BCUT2D eigenvalue weighted by molar-refractivity contribution is 5.68. The van der Waals surface area contributed by atoms with Crippen molar-refractivity contribution in [2.24, 2.45) is 5.92 Å². The van der Waals surface area contributed by atoms with E-state index in [1.54, 1.807) is 4.90 Å². The Morgan fingerprint density at radius 2 is 1.96 bits per heavy atom. The van der Waals surface area contributed by atoms with Crippen molar-refractivity contribution in [2.75, 3.05) is 19.7 Å². The fraction of sp³-hybridized carbons (Fsp3) is 0.611. The molecule has 1 saturated heterocycles. The van der Waals surface area contributed by atoms with Gasteiger partial charge in [-0.05, 0) is 32.8 Å². The normalized spacial score (nSPS) is 22.0. The molecule has 1 heterocycles. The average molecular weight is 321 g/mol. The highest BCUT2D eigenvalue weighted by atomic mass is 16.6. The lowest BCUT2D eigenvalue weighted by molar-refractivity contribution is -0.0465. The summed E-state index contributed by atoms with van der Waals surface area (Å²) >= 11 is 0. The predicted octanol–water partition coefficient (Wildman–Crippen LogP) is 2.82. The molecule has 1 fully saturated rings. The zero-order valence-electron chi connectivity index (χ0n) is 14.2. The highest BCUT2D eigenvalue weighted by Crippen LogP contribution is 2.22. The van der Waals surface area contributed by atoms with Crippen molar-refractivity contribution < 1.29 is 19.4 Å². The van der Waals surface area contributed by atoms with Gasteiger partial charge in [0.15, 0.2) is 0 Å². The number of amides is 1. The maximum atomic E-state index is 12.3. The summed E-state index contributed by atoms with van der Waals surface area (Å²) in [6, 6.07) is 9.94. The minimum atomic E-state index is -0.524. The molecule has 5 nitrogen and oxygen atoms in total. The smallest absolute Gasteiger partial charge is 0.410 e. The number of aliphatic hydroxyl groups is 1.